The van der Waals surface area contributed by atoms with Gasteiger partial charge in [-0.3, -0.25) is 4.79 Å². The van der Waals surface area contributed by atoms with E-state index in [0.29, 0.717) is 17.1 Å². The summed E-state index contributed by atoms with van der Waals surface area (Å²) in [5.74, 6) is 5.03. The number of hydrogen-bond donors (Lipinski definition) is 1. The predicted molar refractivity (Wildman–Crippen MR) is 96.5 cm³/mol. The molecule has 0 radical (unpaired) electrons. The van der Waals surface area contributed by atoms with E-state index in [1.54, 1.807) is 0 Å². The molecule has 4 aliphatic rings. The molecule has 0 amide bonds. The number of carbonyl (C=O) groups excluding carboxylic acids is 1. The van der Waals surface area contributed by atoms with Gasteiger partial charge in [-0.1, -0.05) is 13.8 Å². The molecule has 4 aliphatic carbocycles. The van der Waals surface area contributed by atoms with Crippen LogP contribution in [0, 0.1) is 40.9 Å². The first kappa shape index (κ1) is 17.1. The summed E-state index contributed by atoms with van der Waals surface area (Å²) >= 11 is 0. The zero-order valence-corrected chi connectivity index (χ0v) is 15.9. The normalized spacial score (nSPS) is 53.8. The average Bonchev–Trinajstić information content (AvgIpc) is 2.90. The van der Waals surface area contributed by atoms with Gasteiger partial charge in [0.05, 0.1) is 5.60 Å². The van der Waals surface area contributed by atoms with Gasteiger partial charge in [-0.2, -0.15) is 0 Å². The molecule has 2 nitrogen and oxygen atoms in total. The lowest BCUT2D eigenvalue weighted by atomic mass is 9.49. The first-order chi connectivity index (χ1) is 11.4. The molecular weight excluding hydrogens is 296 g/mol. The molecular formula is C22H36O2. The predicted octanol–water partition coefficient (Wildman–Crippen LogP) is 4.99. The number of rotatable bonds is 2. The van der Waals surface area contributed by atoms with Crippen LogP contribution in [-0.4, -0.2) is 16.5 Å². The standard InChI is InChI=1S/C22H36O2/c1-4-20(23)19-8-7-18-17-6-5-14-13-21(2,24)11-9-15(14)16(17)10-12-22(18,19)3/h14-19,24H,4-13H2,1-3H3/t14-,15+,16-,17-,18+,19-,21-,22+/m1/s1. The summed E-state index contributed by atoms with van der Waals surface area (Å²) in [4.78, 5) is 12.5. The van der Waals surface area contributed by atoms with Gasteiger partial charge in [-0.25, -0.2) is 0 Å². The average molecular weight is 333 g/mol. The molecule has 0 heterocycles. The quantitative estimate of drug-likeness (QED) is 0.774. The molecule has 0 unspecified atom stereocenters. The highest BCUT2D eigenvalue weighted by Gasteiger charge is 2.58. The molecule has 0 aromatic rings. The van der Waals surface area contributed by atoms with Crippen molar-refractivity contribution in [1.29, 1.82) is 0 Å². The van der Waals surface area contributed by atoms with E-state index in [0.717, 1.165) is 55.3 Å². The highest BCUT2D eigenvalue weighted by molar-refractivity contribution is 5.81. The van der Waals surface area contributed by atoms with Crippen LogP contribution in [0.25, 0.3) is 0 Å². The third kappa shape index (κ3) is 2.50. The van der Waals surface area contributed by atoms with Gasteiger partial charge in [-0.05, 0) is 99.7 Å². The molecule has 8 atom stereocenters. The minimum absolute atomic E-state index is 0.293. The molecule has 24 heavy (non-hydrogen) atoms. The highest BCUT2D eigenvalue weighted by atomic mass is 16.3. The molecule has 4 rings (SSSR count). The molecule has 0 bridgehead atoms. The second-order valence-corrected chi connectivity index (χ2v) is 10.2. The van der Waals surface area contributed by atoms with E-state index in [1.165, 1.54) is 38.5 Å². The number of fused-ring (bicyclic) bond motifs is 5. The van der Waals surface area contributed by atoms with E-state index in [-0.39, 0.29) is 0 Å². The first-order valence-electron chi connectivity index (χ1n) is 10.6. The van der Waals surface area contributed by atoms with Gasteiger partial charge in [-0.15, -0.1) is 0 Å². The molecule has 0 aromatic heterocycles. The Morgan fingerprint density at radius 2 is 1.71 bits per heavy atom. The fourth-order valence-corrected chi connectivity index (χ4v) is 7.86. The molecule has 2 heteroatoms. The molecule has 0 spiro atoms. The fourth-order valence-electron chi connectivity index (χ4n) is 7.86. The topological polar surface area (TPSA) is 37.3 Å². The van der Waals surface area contributed by atoms with Crippen molar-refractivity contribution < 1.29 is 9.90 Å². The van der Waals surface area contributed by atoms with Crippen molar-refractivity contribution in [2.75, 3.05) is 0 Å². The van der Waals surface area contributed by atoms with E-state index < -0.39 is 5.60 Å². The fraction of sp³-hybridized carbons (Fsp3) is 0.955. The Hall–Kier alpha value is -0.370. The smallest absolute Gasteiger partial charge is 0.136 e. The Morgan fingerprint density at radius 1 is 0.958 bits per heavy atom. The Kier molecular flexibility index (Phi) is 4.14. The van der Waals surface area contributed by atoms with Crippen LogP contribution < -0.4 is 0 Å². The largest absolute Gasteiger partial charge is 0.390 e. The molecule has 0 saturated heterocycles. The summed E-state index contributed by atoms with van der Waals surface area (Å²) in [6.45, 7) is 6.55. The minimum atomic E-state index is -0.414. The van der Waals surface area contributed by atoms with Gasteiger partial charge in [0.15, 0.2) is 0 Å². The van der Waals surface area contributed by atoms with Gasteiger partial charge < -0.3 is 5.11 Å². The summed E-state index contributed by atoms with van der Waals surface area (Å²) in [6.07, 6.45) is 11.7. The second kappa shape index (κ2) is 5.83. The van der Waals surface area contributed by atoms with E-state index in [4.69, 9.17) is 0 Å². The highest BCUT2D eigenvalue weighted by Crippen LogP contribution is 2.64. The molecule has 4 fully saturated rings. The van der Waals surface area contributed by atoms with Crippen molar-refractivity contribution >= 4 is 5.78 Å². The van der Waals surface area contributed by atoms with Crippen molar-refractivity contribution in [3.05, 3.63) is 0 Å². The van der Waals surface area contributed by atoms with E-state index >= 15 is 0 Å². The van der Waals surface area contributed by atoms with Crippen LogP contribution in [0.1, 0.15) is 85.0 Å². The molecule has 1 N–H and O–H groups in total. The van der Waals surface area contributed by atoms with Crippen LogP contribution in [-0.2, 0) is 4.79 Å². The second-order valence-electron chi connectivity index (χ2n) is 10.2. The third-order valence-corrected chi connectivity index (χ3v) is 8.97. The van der Waals surface area contributed by atoms with Crippen molar-refractivity contribution in [3.63, 3.8) is 0 Å². The lowest BCUT2D eigenvalue weighted by Gasteiger charge is -2.56. The third-order valence-electron chi connectivity index (χ3n) is 8.97. The van der Waals surface area contributed by atoms with E-state index in [1.807, 2.05) is 13.8 Å². The van der Waals surface area contributed by atoms with Gasteiger partial charge in [0.2, 0.25) is 0 Å². The van der Waals surface area contributed by atoms with E-state index in [9.17, 15) is 9.90 Å². The maximum absolute atomic E-state index is 12.5. The molecule has 0 aliphatic heterocycles. The summed E-state index contributed by atoms with van der Waals surface area (Å²) in [7, 11) is 0. The Balaban J connectivity index is 1.54. The molecule has 4 saturated carbocycles. The first-order valence-corrected chi connectivity index (χ1v) is 10.6. The van der Waals surface area contributed by atoms with Crippen LogP contribution in [0.15, 0.2) is 0 Å². The van der Waals surface area contributed by atoms with E-state index in [2.05, 4.69) is 6.92 Å². The molecule has 136 valence electrons. The maximum atomic E-state index is 12.5. The summed E-state index contributed by atoms with van der Waals surface area (Å²) in [5.41, 5.74) is -0.121. The number of carbonyl (C=O) groups is 1. The van der Waals surface area contributed by atoms with Gasteiger partial charge >= 0.3 is 0 Å². The van der Waals surface area contributed by atoms with Crippen LogP contribution in [0.4, 0.5) is 0 Å². The maximum Gasteiger partial charge on any atom is 0.136 e. The zero-order chi connectivity index (χ0) is 17.1. The molecule has 0 aromatic carbocycles. The van der Waals surface area contributed by atoms with Crippen molar-refractivity contribution in [2.45, 2.75) is 90.6 Å². The van der Waals surface area contributed by atoms with Gasteiger partial charge in [0, 0.05) is 12.3 Å². The van der Waals surface area contributed by atoms with Gasteiger partial charge in [0.1, 0.15) is 5.78 Å². The summed E-state index contributed by atoms with van der Waals surface area (Å²) < 4.78 is 0. The summed E-state index contributed by atoms with van der Waals surface area (Å²) in [6, 6.07) is 0. The monoisotopic (exact) mass is 332 g/mol. The Bertz CT molecular complexity index is 510. The Labute approximate surface area is 147 Å². The van der Waals surface area contributed by atoms with Crippen LogP contribution >= 0.6 is 0 Å². The lowest BCUT2D eigenvalue weighted by Crippen LogP contribution is -2.51. The lowest BCUT2D eigenvalue weighted by molar-refractivity contribution is -0.132. The number of Topliss-reactive ketones (excluding diaryl/α,β-unsaturated/α-hetero) is 1. The zero-order valence-electron chi connectivity index (χ0n) is 15.9. The SMILES string of the molecule is CCC(=O)[C@H]1CC[C@H]2[C@@H]3CC[C@@H]4C[C@](C)(O)CC[C@@H]4[C@H]3CC[C@]12C. The van der Waals surface area contributed by atoms with Crippen molar-refractivity contribution in [1.82, 2.24) is 0 Å². The Morgan fingerprint density at radius 3 is 2.46 bits per heavy atom. The van der Waals surface area contributed by atoms with Crippen LogP contribution in [0.2, 0.25) is 0 Å². The number of aliphatic hydroxyl groups is 1. The number of hydrogen-bond acceptors (Lipinski definition) is 2. The minimum Gasteiger partial charge on any atom is -0.390 e. The summed E-state index contributed by atoms with van der Waals surface area (Å²) in [5, 5.41) is 10.5. The van der Waals surface area contributed by atoms with Crippen molar-refractivity contribution in [2.24, 2.45) is 40.9 Å². The number of ketones is 1. The van der Waals surface area contributed by atoms with Gasteiger partial charge in [0.25, 0.3) is 0 Å². The van der Waals surface area contributed by atoms with Crippen LogP contribution in [0.5, 0.6) is 0 Å². The van der Waals surface area contributed by atoms with Crippen molar-refractivity contribution in [3.8, 4) is 0 Å². The van der Waals surface area contributed by atoms with Crippen LogP contribution in [0.3, 0.4) is 0 Å².